The lowest BCUT2D eigenvalue weighted by molar-refractivity contribution is 0.476. The number of rotatable bonds is 5. The minimum atomic E-state index is 0.700. The molecule has 0 unspecified atom stereocenters. The summed E-state index contributed by atoms with van der Waals surface area (Å²) < 4.78 is 3.80. The van der Waals surface area contributed by atoms with Crippen molar-refractivity contribution in [2.75, 3.05) is 14.1 Å². The van der Waals surface area contributed by atoms with Crippen molar-refractivity contribution in [3.05, 3.63) is 65.2 Å². The Morgan fingerprint density at radius 2 is 1.96 bits per heavy atom. The monoisotopic (exact) mass is 365 g/mol. The van der Waals surface area contributed by atoms with Crippen molar-refractivity contribution in [1.29, 1.82) is 0 Å². The third-order valence-corrected chi connectivity index (χ3v) is 4.73. The molecule has 142 valence electrons. The maximum atomic E-state index is 4.47. The number of aliphatic imine (C=N–C) groups is 1. The number of benzene rings is 1. The molecule has 0 saturated carbocycles. The summed E-state index contributed by atoms with van der Waals surface area (Å²) in [6.45, 7) is 5.54. The minimum absolute atomic E-state index is 0.700. The Kier molecular flexibility index (Phi) is 5.59. The summed E-state index contributed by atoms with van der Waals surface area (Å²) >= 11 is 0. The molecule has 0 atom stereocenters. The lowest BCUT2D eigenvalue weighted by Gasteiger charge is -2.21. The van der Waals surface area contributed by atoms with E-state index in [1.54, 1.807) is 7.05 Å². The highest BCUT2D eigenvalue weighted by Crippen LogP contribution is 2.12. The standard InChI is InChI=1S/C20H27N7/c1-15-19(16(2)26(5)24-15)12-22-20(21-3)25(4)13-17-11-23-27(14-17)18-9-7-6-8-10-18/h6-11,14H,12-13H2,1-5H3,(H,21,22). The van der Waals surface area contributed by atoms with E-state index in [9.17, 15) is 0 Å². The van der Waals surface area contributed by atoms with E-state index in [0.29, 0.717) is 6.54 Å². The quantitative estimate of drug-likeness (QED) is 0.557. The predicted octanol–water partition coefficient (Wildman–Crippen LogP) is 2.43. The topological polar surface area (TPSA) is 63.3 Å². The van der Waals surface area contributed by atoms with Crippen LogP contribution in [-0.2, 0) is 20.1 Å². The largest absolute Gasteiger partial charge is 0.352 e. The van der Waals surface area contributed by atoms with Gasteiger partial charge in [-0.2, -0.15) is 10.2 Å². The summed E-state index contributed by atoms with van der Waals surface area (Å²) in [7, 11) is 5.80. The fourth-order valence-corrected chi connectivity index (χ4v) is 3.14. The van der Waals surface area contributed by atoms with Crippen LogP contribution in [0.4, 0.5) is 0 Å². The Morgan fingerprint density at radius 1 is 1.22 bits per heavy atom. The number of nitrogens with one attached hydrogen (secondary N) is 1. The van der Waals surface area contributed by atoms with Crippen molar-refractivity contribution in [3.63, 3.8) is 0 Å². The Balaban J connectivity index is 1.64. The van der Waals surface area contributed by atoms with Crippen LogP contribution in [0.25, 0.3) is 5.69 Å². The maximum Gasteiger partial charge on any atom is 0.193 e. The molecule has 0 saturated heterocycles. The van der Waals surface area contributed by atoms with Gasteiger partial charge in [-0.05, 0) is 26.0 Å². The van der Waals surface area contributed by atoms with Crippen LogP contribution >= 0.6 is 0 Å². The lowest BCUT2D eigenvalue weighted by Crippen LogP contribution is -2.38. The van der Waals surface area contributed by atoms with Crippen molar-refractivity contribution in [1.82, 2.24) is 29.8 Å². The van der Waals surface area contributed by atoms with E-state index in [1.165, 1.54) is 11.3 Å². The second kappa shape index (κ2) is 8.07. The molecule has 3 aromatic rings. The highest BCUT2D eigenvalue weighted by molar-refractivity contribution is 5.79. The van der Waals surface area contributed by atoms with Gasteiger partial charge >= 0.3 is 0 Å². The first-order valence-electron chi connectivity index (χ1n) is 8.99. The molecule has 0 aliphatic heterocycles. The first kappa shape index (κ1) is 18.7. The molecular weight excluding hydrogens is 338 g/mol. The average molecular weight is 365 g/mol. The van der Waals surface area contributed by atoms with Crippen LogP contribution in [0.3, 0.4) is 0 Å². The number of para-hydroxylation sites is 1. The van der Waals surface area contributed by atoms with E-state index in [0.717, 1.165) is 29.4 Å². The van der Waals surface area contributed by atoms with Gasteiger partial charge in [0.05, 0.1) is 17.6 Å². The van der Waals surface area contributed by atoms with Gasteiger partial charge in [-0.3, -0.25) is 9.67 Å². The third-order valence-electron chi connectivity index (χ3n) is 4.73. The SMILES string of the molecule is CN=C(NCc1c(C)nn(C)c1C)N(C)Cc1cnn(-c2ccccc2)c1. The molecule has 3 rings (SSSR count). The third kappa shape index (κ3) is 4.19. The van der Waals surface area contributed by atoms with Gasteiger partial charge in [-0.25, -0.2) is 4.68 Å². The van der Waals surface area contributed by atoms with Crippen LogP contribution in [-0.4, -0.2) is 44.5 Å². The molecule has 0 radical (unpaired) electrons. The number of guanidine groups is 1. The molecular formula is C20H27N7. The van der Waals surface area contributed by atoms with Gasteiger partial charge in [0.1, 0.15) is 0 Å². The van der Waals surface area contributed by atoms with E-state index in [2.05, 4.69) is 38.5 Å². The zero-order valence-electron chi connectivity index (χ0n) is 16.6. The van der Waals surface area contributed by atoms with Crippen LogP contribution in [0, 0.1) is 13.8 Å². The minimum Gasteiger partial charge on any atom is -0.352 e. The summed E-state index contributed by atoms with van der Waals surface area (Å²) in [6.07, 6.45) is 3.95. The second-order valence-corrected chi connectivity index (χ2v) is 6.66. The van der Waals surface area contributed by atoms with Crippen molar-refractivity contribution in [2.24, 2.45) is 12.0 Å². The Labute approximate surface area is 160 Å². The molecule has 2 aromatic heterocycles. The second-order valence-electron chi connectivity index (χ2n) is 6.66. The van der Waals surface area contributed by atoms with Gasteiger partial charge in [0.2, 0.25) is 0 Å². The van der Waals surface area contributed by atoms with Gasteiger partial charge < -0.3 is 10.2 Å². The molecule has 27 heavy (non-hydrogen) atoms. The number of hydrogen-bond donors (Lipinski definition) is 1. The van der Waals surface area contributed by atoms with Crippen molar-refractivity contribution in [3.8, 4) is 5.69 Å². The molecule has 2 heterocycles. The first-order valence-corrected chi connectivity index (χ1v) is 8.99. The van der Waals surface area contributed by atoms with E-state index >= 15 is 0 Å². The van der Waals surface area contributed by atoms with Crippen LogP contribution in [0.5, 0.6) is 0 Å². The summed E-state index contributed by atoms with van der Waals surface area (Å²) in [5, 5.41) is 12.4. The summed E-state index contributed by atoms with van der Waals surface area (Å²) in [5.41, 5.74) is 5.60. The first-order chi connectivity index (χ1) is 13.0. The van der Waals surface area contributed by atoms with Crippen molar-refractivity contribution < 1.29 is 0 Å². The molecule has 0 amide bonds. The molecule has 7 nitrogen and oxygen atoms in total. The highest BCUT2D eigenvalue weighted by Gasteiger charge is 2.12. The zero-order chi connectivity index (χ0) is 19.4. The van der Waals surface area contributed by atoms with Crippen LogP contribution < -0.4 is 5.32 Å². The van der Waals surface area contributed by atoms with Gasteiger partial charge in [0.25, 0.3) is 0 Å². The van der Waals surface area contributed by atoms with Gasteiger partial charge in [-0.15, -0.1) is 0 Å². The van der Waals surface area contributed by atoms with Gasteiger partial charge in [-0.1, -0.05) is 18.2 Å². The Bertz CT molecular complexity index is 921. The molecule has 0 fully saturated rings. The average Bonchev–Trinajstić information content (AvgIpc) is 3.22. The fraction of sp³-hybridized carbons (Fsp3) is 0.350. The van der Waals surface area contributed by atoms with E-state index < -0.39 is 0 Å². The smallest absolute Gasteiger partial charge is 0.193 e. The maximum absolute atomic E-state index is 4.47. The van der Waals surface area contributed by atoms with Crippen molar-refractivity contribution in [2.45, 2.75) is 26.9 Å². The van der Waals surface area contributed by atoms with Crippen LogP contribution in [0.15, 0.2) is 47.7 Å². The number of nitrogens with zero attached hydrogens (tertiary/aromatic N) is 6. The van der Waals surface area contributed by atoms with E-state index in [1.807, 2.05) is 66.9 Å². The molecule has 0 bridgehead atoms. The summed E-state index contributed by atoms with van der Waals surface area (Å²) in [6, 6.07) is 10.1. The summed E-state index contributed by atoms with van der Waals surface area (Å²) in [4.78, 5) is 6.50. The van der Waals surface area contributed by atoms with Gasteiger partial charge in [0, 0.05) is 57.3 Å². The molecule has 1 aromatic carbocycles. The number of hydrogen-bond acceptors (Lipinski definition) is 3. The molecule has 0 aliphatic carbocycles. The Hall–Kier alpha value is -3.09. The lowest BCUT2D eigenvalue weighted by atomic mass is 10.2. The summed E-state index contributed by atoms with van der Waals surface area (Å²) in [5.74, 6) is 0.838. The van der Waals surface area contributed by atoms with E-state index in [-0.39, 0.29) is 0 Å². The van der Waals surface area contributed by atoms with E-state index in [4.69, 9.17) is 0 Å². The number of aromatic nitrogens is 4. The number of aryl methyl sites for hydroxylation is 2. The molecule has 7 heteroatoms. The fourth-order valence-electron chi connectivity index (χ4n) is 3.14. The zero-order valence-corrected chi connectivity index (χ0v) is 16.6. The molecule has 0 aliphatic rings. The molecule has 0 spiro atoms. The van der Waals surface area contributed by atoms with Crippen molar-refractivity contribution >= 4 is 5.96 Å². The normalized spacial score (nSPS) is 11.7. The highest BCUT2D eigenvalue weighted by atomic mass is 15.3. The van der Waals surface area contributed by atoms with Gasteiger partial charge in [0.15, 0.2) is 5.96 Å². The Morgan fingerprint density at radius 3 is 2.59 bits per heavy atom. The predicted molar refractivity (Wildman–Crippen MR) is 108 cm³/mol. The molecule has 1 N–H and O–H groups in total. The van der Waals surface area contributed by atoms with Crippen LogP contribution in [0.2, 0.25) is 0 Å². The van der Waals surface area contributed by atoms with Crippen LogP contribution in [0.1, 0.15) is 22.5 Å².